The second-order valence-electron chi connectivity index (χ2n) is 10.6. The summed E-state index contributed by atoms with van der Waals surface area (Å²) in [4.78, 5) is 35.2. The topological polar surface area (TPSA) is 156 Å². The van der Waals surface area contributed by atoms with Crippen LogP contribution in [-0.2, 0) is 0 Å². The first-order valence-corrected chi connectivity index (χ1v) is 14.1. The van der Waals surface area contributed by atoms with Gasteiger partial charge in [0.05, 0.1) is 22.3 Å². The monoisotopic (exact) mass is 585 g/mol. The Morgan fingerprint density at radius 1 is 0.533 bits per heavy atom. The largest absolute Gasteiger partial charge is 0.308 e. The van der Waals surface area contributed by atoms with Gasteiger partial charge in [0.2, 0.25) is 5.82 Å². The number of benzene rings is 3. The zero-order valence-corrected chi connectivity index (χ0v) is 24.8. The average molecular weight is 586 g/mol. The predicted molar refractivity (Wildman–Crippen MR) is 168 cm³/mol. The van der Waals surface area contributed by atoms with Crippen LogP contribution in [0.1, 0.15) is 34.7 Å². The molecule has 0 saturated carbocycles. The first kappa shape index (κ1) is 27.4. The summed E-state index contributed by atoms with van der Waals surface area (Å²) in [6, 6.07) is 22.1. The summed E-state index contributed by atoms with van der Waals surface area (Å²) in [6.45, 7) is 7.41. The van der Waals surface area contributed by atoms with Crippen molar-refractivity contribution >= 4 is 21.8 Å². The number of hydrogen-bond donors (Lipinski definition) is 0. The fraction of sp³-hybridized carbons (Fsp3) is 0.118. The maximum absolute atomic E-state index is 10.3. The molecule has 7 aromatic rings. The molecule has 0 unspecified atom stereocenters. The lowest BCUT2D eigenvalue weighted by atomic mass is 10.0. The Hall–Kier alpha value is -6.46. The molecule has 0 amide bonds. The normalized spacial score (nSPS) is 11.1. The van der Waals surface area contributed by atoms with Crippen LogP contribution in [0.4, 0.5) is 0 Å². The Bertz CT molecular complexity index is 2250. The minimum absolute atomic E-state index is 0.0878. The summed E-state index contributed by atoms with van der Waals surface area (Å²) in [5.41, 5.74) is 6.18. The summed E-state index contributed by atoms with van der Waals surface area (Å²) in [7, 11) is 0. The Morgan fingerprint density at radius 3 is 1.49 bits per heavy atom. The molecule has 214 valence electrons. The van der Waals surface area contributed by atoms with Crippen LogP contribution in [0, 0.1) is 50.4 Å². The zero-order valence-electron chi connectivity index (χ0n) is 24.8. The quantitative estimate of drug-likeness (QED) is 0.243. The fourth-order valence-corrected chi connectivity index (χ4v) is 5.59. The third-order valence-electron chi connectivity index (χ3n) is 7.44. The Balaban J connectivity index is 1.48. The number of rotatable bonds is 4. The van der Waals surface area contributed by atoms with Gasteiger partial charge in [0.25, 0.3) is 0 Å². The van der Waals surface area contributed by atoms with Gasteiger partial charge < -0.3 is 4.57 Å². The zero-order chi connectivity index (χ0) is 31.2. The number of nitrogens with zero attached hydrogens (tertiary/aromatic N) is 11. The van der Waals surface area contributed by atoms with Gasteiger partial charge in [-0.25, -0.2) is 39.9 Å². The van der Waals surface area contributed by atoms with Crippen LogP contribution >= 0.6 is 0 Å². The van der Waals surface area contributed by atoms with Gasteiger partial charge in [-0.05, 0) is 81.8 Å². The van der Waals surface area contributed by atoms with E-state index in [-0.39, 0.29) is 5.82 Å². The van der Waals surface area contributed by atoms with Crippen LogP contribution in [0.15, 0.2) is 67.0 Å². The molecule has 4 heterocycles. The molecule has 11 nitrogen and oxygen atoms in total. The van der Waals surface area contributed by atoms with E-state index in [0.29, 0.717) is 46.1 Å². The lowest BCUT2D eigenvalue weighted by Gasteiger charge is -2.12. The molecule has 0 saturated heterocycles. The van der Waals surface area contributed by atoms with Gasteiger partial charge in [-0.1, -0.05) is 6.07 Å². The summed E-state index contributed by atoms with van der Waals surface area (Å²) in [5.74, 6) is 3.86. The molecule has 0 aliphatic carbocycles. The molecule has 0 bridgehead atoms. The van der Waals surface area contributed by atoms with Crippen molar-refractivity contribution in [3.05, 3.63) is 102 Å². The highest BCUT2D eigenvalue weighted by molar-refractivity contribution is 6.11. The Morgan fingerprint density at radius 2 is 1.02 bits per heavy atom. The van der Waals surface area contributed by atoms with E-state index in [2.05, 4.69) is 62.6 Å². The maximum atomic E-state index is 10.3. The van der Waals surface area contributed by atoms with Crippen molar-refractivity contribution < 1.29 is 0 Å². The van der Waals surface area contributed by atoms with Crippen LogP contribution in [0.25, 0.3) is 61.4 Å². The second kappa shape index (κ2) is 10.7. The second-order valence-corrected chi connectivity index (χ2v) is 10.6. The molecule has 0 fully saturated rings. The van der Waals surface area contributed by atoms with Gasteiger partial charge in [-0.3, -0.25) is 0 Å². The predicted octanol–water partition coefficient (Wildman–Crippen LogP) is 5.92. The summed E-state index contributed by atoms with van der Waals surface area (Å²) in [5, 5.41) is 21.3. The molecule has 3 aromatic carbocycles. The summed E-state index contributed by atoms with van der Waals surface area (Å²) in [6.07, 6.45) is 3.17. The first-order valence-electron chi connectivity index (χ1n) is 14.1. The van der Waals surface area contributed by atoms with E-state index in [4.69, 9.17) is 5.26 Å². The van der Waals surface area contributed by atoms with E-state index in [9.17, 15) is 5.26 Å². The Labute approximate surface area is 257 Å². The van der Waals surface area contributed by atoms with Crippen molar-refractivity contribution in [3.8, 4) is 51.7 Å². The third kappa shape index (κ3) is 4.88. The van der Waals surface area contributed by atoms with Gasteiger partial charge in [0, 0.05) is 39.9 Å². The molecule has 0 atom stereocenters. The average Bonchev–Trinajstić information content (AvgIpc) is 3.36. The number of nitriles is 2. The highest BCUT2D eigenvalue weighted by Gasteiger charge is 2.19. The van der Waals surface area contributed by atoms with Crippen molar-refractivity contribution in [2.24, 2.45) is 0 Å². The SMILES string of the molecule is Cc1nc(C)nc(-c2ccc3c(c2)c2cc(-c4nc(C)nc(C)n4)ccc2n3-c2ccc(-c3cnc(C#N)nc3)cc2C#N)n1. The van der Waals surface area contributed by atoms with Crippen molar-refractivity contribution in [2.45, 2.75) is 27.7 Å². The lowest BCUT2D eigenvalue weighted by molar-refractivity contribution is 0.928. The minimum atomic E-state index is 0.0878. The highest BCUT2D eigenvalue weighted by atomic mass is 15.0. The molecular weight excluding hydrogens is 562 g/mol. The molecule has 0 radical (unpaired) electrons. The minimum Gasteiger partial charge on any atom is -0.308 e. The number of aryl methyl sites for hydroxylation is 4. The van der Waals surface area contributed by atoms with Crippen molar-refractivity contribution in [1.82, 2.24) is 44.4 Å². The van der Waals surface area contributed by atoms with Crippen LogP contribution in [0.3, 0.4) is 0 Å². The van der Waals surface area contributed by atoms with Crippen LogP contribution in [0.5, 0.6) is 0 Å². The molecule has 11 heteroatoms. The van der Waals surface area contributed by atoms with Gasteiger partial charge in [0.1, 0.15) is 35.4 Å². The van der Waals surface area contributed by atoms with Crippen molar-refractivity contribution in [1.29, 1.82) is 10.5 Å². The maximum Gasteiger partial charge on any atom is 0.232 e. The molecule has 4 aromatic heterocycles. The fourth-order valence-electron chi connectivity index (χ4n) is 5.59. The summed E-state index contributed by atoms with van der Waals surface area (Å²) < 4.78 is 2.09. The van der Waals surface area contributed by atoms with E-state index in [1.807, 2.05) is 76.2 Å². The first-order chi connectivity index (χ1) is 21.8. The molecule has 7 rings (SSSR count). The molecule has 0 N–H and O–H groups in total. The van der Waals surface area contributed by atoms with Gasteiger partial charge in [-0.2, -0.15) is 10.5 Å². The summed E-state index contributed by atoms with van der Waals surface area (Å²) >= 11 is 0. The number of fused-ring (bicyclic) bond motifs is 3. The van der Waals surface area contributed by atoms with Crippen molar-refractivity contribution in [3.63, 3.8) is 0 Å². The molecule has 0 aliphatic rings. The van der Waals surface area contributed by atoms with Gasteiger partial charge in [-0.15, -0.1) is 0 Å². The van der Waals surface area contributed by atoms with Crippen LogP contribution < -0.4 is 0 Å². The lowest BCUT2D eigenvalue weighted by Crippen LogP contribution is -2.00. The number of aromatic nitrogens is 9. The van der Waals surface area contributed by atoms with E-state index in [1.165, 1.54) is 0 Å². The van der Waals surface area contributed by atoms with Crippen molar-refractivity contribution in [2.75, 3.05) is 0 Å². The van der Waals surface area contributed by atoms with E-state index in [0.717, 1.165) is 44.2 Å². The third-order valence-corrected chi connectivity index (χ3v) is 7.44. The van der Waals surface area contributed by atoms with Crippen LogP contribution in [-0.4, -0.2) is 44.4 Å². The molecular formula is C34H23N11. The smallest absolute Gasteiger partial charge is 0.232 e. The van der Waals surface area contributed by atoms with E-state index in [1.54, 1.807) is 12.4 Å². The molecule has 0 spiro atoms. The highest BCUT2D eigenvalue weighted by Crippen LogP contribution is 2.37. The molecule has 45 heavy (non-hydrogen) atoms. The Kier molecular flexibility index (Phi) is 6.49. The van der Waals surface area contributed by atoms with E-state index >= 15 is 0 Å². The molecule has 0 aliphatic heterocycles. The van der Waals surface area contributed by atoms with Gasteiger partial charge in [0.15, 0.2) is 11.6 Å². The standard InChI is InChI=1S/C34H23N11/c1-18-39-19(2)42-33(41-18)23-6-9-30-27(12-23)28-13-24(34-43-20(3)40-21(4)44-34)7-10-31(28)45(30)29-8-5-22(11-25(29)14-35)26-16-37-32(15-36)38-17-26/h5-13,16-17H,1-4H3. The van der Waals surface area contributed by atoms with Crippen LogP contribution in [0.2, 0.25) is 0 Å². The van der Waals surface area contributed by atoms with E-state index < -0.39 is 0 Å². The van der Waals surface area contributed by atoms with Gasteiger partial charge >= 0.3 is 0 Å². The number of hydrogen-bond acceptors (Lipinski definition) is 10.